The number of nitrogens with one attached hydrogen (secondary N) is 2. The minimum Gasteiger partial charge on any atom is -0.507 e. The van der Waals surface area contributed by atoms with Gasteiger partial charge in [-0.15, -0.1) is 5.48 Å². The SMILES string of the molecule is CCNC(=O)C1NOC(c2cc(Cl)c(O)cc2O)=C1c1ccc2ncccc2c1. The van der Waals surface area contributed by atoms with Crippen LogP contribution >= 0.6 is 11.6 Å². The molecule has 1 amide bonds. The number of carbonyl (C=O) groups is 1. The summed E-state index contributed by atoms with van der Waals surface area (Å²) in [6, 6.07) is 11.1. The van der Waals surface area contributed by atoms with Crippen LogP contribution in [-0.2, 0) is 9.63 Å². The van der Waals surface area contributed by atoms with Crippen molar-refractivity contribution in [2.45, 2.75) is 13.0 Å². The average Bonchev–Trinajstić information content (AvgIpc) is 3.15. The van der Waals surface area contributed by atoms with Crippen molar-refractivity contribution in [1.82, 2.24) is 15.8 Å². The van der Waals surface area contributed by atoms with Crippen LogP contribution in [0.2, 0.25) is 5.02 Å². The number of benzene rings is 2. The molecule has 1 aliphatic rings. The third-order valence-corrected chi connectivity index (χ3v) is 4.95. The lowest BCUT2D eigenvalue weighted by molar-refractivity contribution is -0.123. The maximum atomic E-state index is 12.6. The van der Waals surface area contributed by atoms with E-state index < -0.39 is 6.04 Å². The Balaban J connectivity index is 1.93. The molecule has 2 heterocycles. The van der Waals surface area contributed by atoms with E-state index >= 15 is 0 Å². The standard InChI is InChI=1S/C21H18ClN3O4/c1-2-23-21(28)19-18(12-5-6-15-11(8-12)4-3-7-24-15)20(29-25-19)13-9-14(22)17(27)10-16(13)26/h3-10,19,25-27H,2H2,1H3,(H,23,28). The van der Waals surface area contributed by atoms with Crippen LogP contribution in [0, 0.1) is 0 Å². The number of hydrogen-bond acceptors (Lipinski definition) is 6. The molecule has 0 bridgehead atoms. The molecule has 148 valence electrons. The molecule has 2 aromatic carbocycles. The molecule has 1 unspecified atom stereocenters. The Labute approximate surface area is 171 Å². The third-order valence-electron chi connectivity index (χ3n) is 4.65. The van der Waals surface area contributed by atoms with Crippen molar-refractivity contribution < 1.29 is 19.8 Å². The molecule has 0 aliphatic carbocycles. The number of aromatic hydroxyl groups is 2. The lowest BCUT2D eigenvalue weighted by Crippen LogP contribution is -2.41. The topological polar surface area (TPSA) is 104 Å². The summed E-state index contributed by atoms with van der Waals surface area (Å²) < 4.78 is 0. The molecule has 8 heteroatoms. The van der Waals surface area contributed by atoms with E-state index in [1.807, 2.05) is 37.3 Å². The van der Waals surface area contributed by atoms with E-state index in [1.165, 1.54) is 6.07 Å². The van der Waals surface area contributed by atoms with E-state index in [9.17, 15) is 15.0 Å². The molecule has 0 saturated carbocycles. The number of carbonyl (C=O) groups excluding carboxylic acids is 1. The maximum Gasteiger partial charge on any atom is 0.245 e. The Morgan fingerprint density at radius 1 is 1.24 bits per heavy atom. The molecular weight excluding hydrogens is 394 g/mol. The van der Waals surface area contributed by atoms with Crippen molar-refractivity contribution in [2.75, 3.05) is 6.54 Å². The van der Waals surface area contributed by atoms with Gasteiger partial charge in [0.2, 0.25) is 5.91 Å². The van der Waals surface area contributed by atoms with Crippen LogP contribution in [-0.4, -0.2) is 33.7 Å². The van der Waals surface area contributed by atoms with E-state index in [0.29, 0.717) is 12.1 Å². The first-order chi connectivity index (χ1) is 14.0. The summed E-state index contributed by atoms with van der Waals surface area (Å²) in [4.78, 5) is 22.6. The van der Waals surface area contributed by atoms with Crippen molar-refractivity contribution in [3.05, 3.63) is 64.8 Å². The largest absolute Gasteiger partial charge is 0.507 e. The number of rotatable bonds is 4. The van der Waals surface area contributed by atoms with Crippen LogP contribution in [0.1, 0.15) is 18.1 Å². The molecule has 7 nitrogen and oxygen atoms in total. The molecule has 0 fully saturated rings. The molecule has 0 saturated heterocycles. The molecule has 1 aromatic heterocycles. The van der Waals surface area contributed by atoms with E-state index in [4.69, 9.17) is 16.4 Å². The molecule has 29 heavy (non-hydrogen) atoms. The third kappa shape index (κ3) is 3.46. The van der Waals surface area contributed by atoms with Crippen LogP contribution < -0.4 is 10.8 Å². The maximum absolute atomic E-state index is 12.6. The summed E-state index contributed by atoms with van der Waals surface area (Å²) in [6.07, 6.45) is 1.71. The highest BCUT2D eigenvalue weighted by atomic mass is 35.5. The van der Waals surface area contributed by atoms with Crippen LogP contribution in [0.5, 0.6) is 11.5 Å². The van der Waals surface area contributed by atoms with Gasteiger partial charge in [0.15, 0.2) is 11.8 Å². The summed E-state index contributed by atoms with van der Waals surface area (Å²) in [5.74, 6) is -0.490. The highest BCUT2D eigenvalue weighted by Gasteiger charge is 2.36. The van der Waals surface area contributed by atoms with E-state index in [-0.39, 0.29) is 33.8 Å². The number of halogens is 1. The summed E-state index contributed by atoms with van der Waals surface area (Å²) >= 11 is 6.04. The monoisotopic (exact) mass is 411 g/mol. The van der Waals surface area contributed by atoms with Gasteiger partial charge in [-0.2, -0.15) is 0 Å². The van der Waals surface area contributed by atoms with Crippen molar-refractivity contribution in [2.24, 2.45) is 0 Å². The molecular formula is C21H18ClN3O4. The van der Waals surface area contributed by atoms with Crippen molar-refractivity contribution in [3.63, 3.8) is 0 Å². The van der Waals surface area contributed by atoms with Crippen LogP contribution in [0.4, 0.5) is 0 Å². The quantitative estimate of drug-likeness (QED) is 0.525. The summed E-state index contributed by atoms with van der Waals surface area (Å²) in [5, 5.41) is 23.8. The van der Waals surface area contributed by atoms with Crippen molar-refractivity contribution in [3.8, 4) is 11.5 Å². The second kappa shape index (κ2) is 7.62. The van der Waals surface area contributed by atoms with Gasteiger partial charge in [0.05, 0.1) is 16.1 Å². The Hall–Kier alpha value is -3.29. The normalized spacial score (nSPS) is 16.1. The fourth-order valence-electron chi connectivity index (χ4n) is 3.30. The zero-order valence-corrected chi connectivity index (χ0v) is 16.2. The van der Waals surface area contributed by atoms with Gasteiger partial charge in [0.1, 0.15) is 11.5 Å². The molecule has 1 aliphatic heterocycles. The van der Waals surface area contributed by atoms with Gasteiger partial charge in [0, 0.05) is 29.8 Å². The highest BCUT2D eigenvalue weighted by Crippen LogP contribution is 2.41. The minimum atomic E-state index is -0.800. The number of pyridine rings is 1. The Kier molecular flexibility index (Phi) is 5.00. The van der Waals surface area contributed by atoms with E-state index in [2.05, 4.69) is 15.8 Å². The average molecular weight is 412 g/mol. The molecule has 4 N–H and O–H groups in total. The molecule has 3 aromatic rings. The number of fused-ring (bicyclic) bond motifs is 1. The zero-order chi connectivity index (χ0) is 20.5. The van der Waals surface area contributed by atoms with Crippen molar-refractivity contribution in [1.29, 1.82) is 0 Å². The lowest BCUT2D eigenvalue weighted by Gasteiger charge is -2.13. The smallest absolute Gasteiger partial charge is 0.245 e. The Morgan fingerprint density at radius 2 is 2.07 bits per heavy atom. The van der Waals surface area contributed by atoms with Gasteiger partial charge in [0.25, 0.3) is 0 Å². The van der Waals surface area contributed by atoms with E-state index in [0.717, 1.165) is 22.5 Å². The summed E-state index contributed by atoms with van der Waals surface area (Å²) in [5.41, 5.74) is 5.07. The lowest BCUT2D eigenvalue weighted by atomic mass is 9.93. The molecule has 1 atom stereocenters. The predicted molar refractivity (Wildman–Crippen MR) is 110 cm³/mol. The van der Waals surface area contributed by atoms with Gasteiger partial charge >= 0.3 is 0 Å². The van der Waals surface area contributed by atoms with Crippen LogP contribution in [0.25, 0.3) is 22.2 Å². The number of hydroxylamine groups is 1. The summed E-state index contributed by atoms with van der Waals surface area (Å²) in [6.45, 7) is 2.28. The second-order valence-corrected chi connectivity index (χ2v) is 6.93. The highest BCUT2D eigenvalue weighted by molar-refractivity contribution is 6.32. The van der Waals surface area contributed by atoms with Gasteiger partial charge in [-0.05, 0) is 36.8 Å². The van der Waals surface area contributed by atoms with Crippen molar-refractivity contribution >= 4 is 39.7 Å². The summed E-state index contributed by atoms with van der Waals surface area (Å²) in [7, 11) is 0. The van der Waals surface area contributed by atoms with Gasteiger partial charge < -0.3 is 20.4 Å². The predicted octanol–water partition coefficient (Wildman–Crippen LogP) is 3.21. The number of likely N-dealkylation sites (N-methyl/N-ethyl adjacent to an activating group) is 1. The number of nitrogens with zero attached hydrogens (tertiary/aromatic N) is 1. The number of amides is 1. The first kappa shape index (κ1) is 19.0. The van der Waals surface area contributed by atoms with Gasteiger partial charge in [-0.25, -0.2) is 0 Å². The zero-order valence-electron chi connectivity index (χ0n) is 15.4. The number of aromatic nitrogens is 1. The van der Waals surface area contributed by atoms with Gasteiger partial charge in [-0.1, -0.05) is 23.7 Å². The first-order valence-electron chi connectivity index (χ1n) is 9.01. The number of phenols is 2. The molecule has 4 rings (SSSR count). The minimum absolute atomic E-state index is 0.0532. The number of phenolic OH excluding ortho intramolecular Hbond substituents is 2. The van der Waals surface area contributed by atoms with Crippen LogP contribution in [0.15, 0.2) is 48.7 Å². The van der Waals surface area contributed by atoms with Crippen LogP contribution in [0.3, 0.4) is 0 Å². The van der Waals surface area contributed by atoms with E-state index in [1.54, 1.807) is 6.20 Å². The molecule has 0 spiro atoms. The second-order valence-electron chi connectivity index (χ2n) is 6.52. The Morgan fingerprint density at radius 3 is 2.86 bits per heavy atom. The number of hydrogen-bond donors (Lipinski definition) is 4. The fourth-order valence-corrected chi connectivity index (χ4v) is 3.46. The molecule has 0 radical (unpaired) electrons. The fraction of sp³-hybridized carbons (Fsp3) is 0.143. The first-order valence-corrected chi connectivity index (χ1v) is 9.38. The van der Waals surface area contributed by atoms with Gasteiger partial charge in [-0.3, -0.25) is 9.78 Å². The Bertz CT molecular complexity index is 1150.